The SMILES string of the molecule is CC(COCC(C)Oc1ccc(C(C)(C)c2ccc(OCC3CO3)cc2)cc1)Oc1ccc(C(C)(C)c2ccc(OCC3CO3)cc2)cc1. The van der Waals surface area contributed by atoms with Crippen molar-refractivity contribution in [2.45, 2.75) is 76.8 Å². The smallest absolute Gasteiger partial charge is 0.119 e. The second-order valence-corrected chi connectivity index (χ2v) is 14.3. The van der Waals surface area contributed by atoms with Gasteiger partial charge in [0, 0.05) is 10.8 Å². The zero-order chi connectivity index (χ0) is 34.4. The van der Waals surface area contributed by atoms with Gasteiger partial charge >= 0.3 is 0 Å². The maximum absolute atomic E-state index is 6.16. The van der Waals surface area contributed by atoms with Crippen molar-refractivity contribution in [2.24, 2.45) is 0 Å². The molecule has 6 rings (SSSR count). The molecule has 49 heavy (non-hydrogen) atoms. The van der Waals surface area contributed by atoms with E-state index >= 15 is 0 Å². The van der Waals surface area contributed by atoms with Crippen LogP contribution in [0.1, 0.15) is 63.8 Å². The average molecular weight is 667 g/mol. The van der Waals surface area contributed by atoms with E-state index in [0.717, 1.165) is 36.2 Å². The van der Waals surface area contributed by atoms with E-state index in [-0.39, 0.29) is 35.2 Å². The summed E-state index contributed by atoms with van der Waals surface area (Å²) in [6.45, 7) is 16.7. The first-order valence-corrected chi connectivity index (χ1v) is 17.4. The van der Waals surface area contributed by atoms with Crippen LogP contribution in [0.25, 0.3) is 0 Å². The fraction of sp³-hybridized carbons (Fsp3) is 0.429. The lowest BCUT2D eigenvalue weighted by Gasteiger charge is -2.27. The molecule has 0 amide bonds. The molecule has 0 spiro atoms. The van der Waals surface area contributed by atoms with Crippen LogP contribution in [0, 0.1) is 0 Å². The minimum atomic E-state index is -0.161. The van der Waals surface area contributed by atoms with Crippen LogP contribution in [-0.4, -0.2) is 64.1 Å². The molecular weight excluding hydrogens is 616 g/mol. The number of epoxide rings is 2. The van der Waals surface area contributed by atoms with Gasteiger partial charge in [-0.2, -0.15) is 0 Å². The predicted molar refractivity (Wildman–Crippen MR) is 191 cm³/mol. The monoisotopic (exact) mass is 666 g/mol. The molecule has 2 fully saturated rings. The van der Waals surface area contributed by atoms with Crippen LogP contribution >= 0.6 is 0 Å². The first-order valence-electron chi connectivity index (χ1n) is 17.4. The molecule has 4 aromatic carbocycles. The van der Waals surface area contributed by atoms with E-state index in [2.05, 4.69) is 76.2 Å². The molecule has 2 aliphatic heterocycles. The molecule has 260 valence electrons. The van der Waals surface area contributed by atoms with Gasteiger partial charge in [-0.3, -0.25) is 0 Å². The molecule has 0 saturated carbocycles. The molecular formula is C42H50O7. The third-order valence-electron chi connectivity index (χ3n) is 9.36. The molecule has 0 aliphatic carbocycles. The van der Waals surface area contributed by atoms with Crippen LogP contribution in [0.15, 0.2) is 97.1 Å². The number of ether oxygens (including phenoxy) is 7. The van der Waals surface area contributed by atoms with E-state index in [1.807, 2.05) is 62.4 Å². The Morgan fingerprint density at radius 1 is 0.510 bits per heavy atom. The van der Waals surface area contributed by atoms with Crippen LogP contribution < -0.4 is 18.9 Å². The highest BCUT2D eigenvalue weighted by atomic mass is 16.6. The first kappa shape index (κ1) is 34.8. The van der Waals surface area contributed by atoms with Crippen molar-refractivity contribution in [3.8, 4) is 23.0 Å². The van der Waals surface area contributed by atoms with Gasteiger partial charge in [-0.25, -0.2) is 0 Å². The second-order valence-electron chi connectivity index (χ2n) is 14.3. The van der Waals surface area contributed by atoms with Crippen LogP contribution in [0.5, 0.6) is 23.0 Å². The van der Waals surface area contributed by atoms with Crippen molar-refractivity contribution in [3.63, 3.8) is 0 Å². The van der Waals surface area contributed by atoms with Gasteiger partial charge in [0.25, 0.3) is 0 Å². The Labute approximate surface area is 291 Å². The molecule has 4 atom stereocenters. The molecule has 0 N–H and O–H groups in total. The largest absolute Gasteiger partial charge is 0.491 e. The Bertz CT molecular complexity index is 1480. The summed E-state index contributed by atoms with van der Waals surface area (Å²) < 4.78 is 40.4. The Morgan fingerprint density at radius 2 is 0.796 bits per heavy atom. The van der Waals surface area contributed by atoms with Crippen LogP contribution in [0.2, 0.25) is 0 Å². The summed E-state index contributed by atoms with van der Waals surface area (Å²) >= 11 is 0. The summed E-state index contributed by atoms with van der Waals surface area (Å²) in [6, 6.07) is 33.4. The standard InChI is InChI=1S/C42H50O7/c1-29(48-37-19-11-33(12-20-37)41(3,4)31-7-15-35(16-8-31)44-25-39-27-46-39)23-43-24-30(2)49-38-21-13-34(14-22-38)42(5,6)32-9-17-36(18-10-32)45-26-40-28-47-40/h7-22,29-30,39-40H,23-28H2,1-6H3. The third-order valence-corrected chi connectivity index (χ3v) is 9.36. The zero-order valence-electron chi connectivity index (χ0n) is 29.6. The Balaban J connectivity index is 0.919. The second kappa shape index (κ2) is 15.2. The molecule has 2 heterocycles. The summed E-state index contributed by atoms with van der Waals surface area (Å²) in [6.07, 6.45) is 0.297. The molecule has 4 unspecified atom stereocenters. The summed E-state index contributed by atoms with van der Waals surface area (Å²) in [5.74, 6) is 3.38. The van der Waals surface area contributed by atoms with Crippen LogP contribution in [0.4, 0.5) is 0 Å². The third kappa shape index (κ3) is 9.56. The minimum absolute atomic E-state index is 0.103. The van der Waals surface area contributed by atoms with Gasteiger partial charge < -0.3 is 33.2 Å². The van der Waals surface area contributed by atoms with E-state index in [1.54, 1.807) is 0 Å². The summed E-state index contributed by atoms with van der Waals surface area (Å²) in [4.78, 5) is 0. The zero-order valence-corrected chi connectivity index (χ0v) is 29.6. The Hall–Kier alpha value is -4.04. The molecule has 0 radical (unpaired) electrons. The quantitative estimate of drug-likeness (QED) is 0.0993. The predicted octanol–water partition coefficient (Wildman–Crippen LogP) is 8.15. The fourth-order valence-corrected chi connectivity index (χ4v) is 5.81. The number of hydrogen-bond donors (Lipinski definition) is 0. The lowest BCUT2D eigenvalue weighted by Crippen LogP contribution is -2.25. The highest BCUT2D eigenvalue weighted by molar-refractivity contribution is 5.43. The maximum atomic E-state index is 6.16. The number of hydrogen-bond acceptors (Lipinski definition) is 7. The molecule has 2 saturated heterocycles. The molecule has 7 nitrogen and oxygen atoms in total. The van der Waals surface area contributed by atoms with Crippen LogP contribution in [0.3, 0.4) is 0 Å². The van der Waals surface area contributed by atoms with Gasteiger partial charge in [0.15, 0.2) is 0 Å². The number of rotatable bonds is 18. The molecule has 0 bridgehead atoms. The van der Waals surface area contributed by atoms with Gasteiger partial charge in [-0.15, -0.1) is 0 Å². The topological polar surface area (TPSA) is 71.2 Å². The van der Waals surface area contributed by atoms with E-state index in [4.69, 9.17) is 33.2 Å². The van der Waals surface area contributed by atoms with Crippen molar-refractivity contribution < 1.29 is 33.2 Å². The molecule has 4 aromatic rings. The maximum Gasteiger partial charge on any atom is 0.119 e. The van der Waals surface area contributed by atoms with Crippen molar-refractivity contribution in [3.05, 3.63) is 119 Å². The summed E-state index contributed by atoms with van der Waals surface area (Å²) in [7, 11) is 0. The molecule has 2 aliphatic rings. The Kier molecular flexibility index (Phi) is 10.8. The molecule has 7 heteroatoms. The molecule has 0 aromatic heterocycles. The highest BCUT2D eigenvalue weighted by Crippen LogP contribution is 2.35. The van der Waals surface area contributed by atoms with Gasteiger partial charge in [0.1, 0.15) is 60.6 Å². The van der Waals surface area contributed by atoms with Gasteiger partial charge in [-0.05, 0) is 84.6 Å². The lowest BCUT2D eigenvalue weighted by molar-refractivity contribution is 0.0188. The summed E-state index contributed by atoms with van der Waals surface area (Å²) in [5, 5.41) is 0. The van der Waals surface area contributed by atoms with E-state index in [1.165, 1.54) is 22.3 Å². The summed E-state index contributed by atoms with van der Waals surface area (Å²) in [5.41, 5.74) is 4.55. The van der Waals surface area contributed by atoms with Gasteiger partial charge in [0.05, 0.1) is 26.4 Å². The number of benzene rings is 4. The fourth-order valence-electron chi connectivity index (χ4n) is 5.81. The Morgan fingerprint density at radius 3 is 1.08 bits per heavy atom. The van der Waals surface area contributed by atoms with E-state index in [9.17, 15) is 0 Å². The van der Waals surface area contributed by atoms with Gasteiger partial charge in [0.2, 0.25) is 0 Å². The normalized spacial score (nSPS) is 18.3. The lowest BCUT2D eigenvalue weighted by atomic mass is 9.78. The minimum Gasteiger partial charge on any atom is -0.491 e. The average Bonchev–Trinajstić information content (AvgIpc) is 4.04. The van der Waals surface area contributed by atoms with Crippen molar-refractivity contribution >= 4 is 0 Å². The van der Waals surface area contributed by atoms with Crippen molar-refractivity contribution in [2.75, 3.05) is 39.6 Å². The van der Waals surface area contributed by atoms with Crippen LogP contribution in [-0.2, 0) is 25.0 Å². The van der Waals surface area contributed by atoms with Crippen molar-refractivity contribution in [1.82, 2.24) is 0 Å². The first-order chi connectivity index (χ1) is 23.6. The highest BCUT2D eigenvalue weighted by Gasteiger charge is 2.26. The van der Waals surface area contributed by atoms with Gasteiger partial charge in [-0.1, -0.05) is 76.2 Å². The van der Waals surface area contributed by atoms with E-state index < -0.39 is 0 Å². The van der Waals surface area contributed by atoms with Crippen molar-refractivity contribution in [1.29, 1.82) is 0 Å². The van der Waals surface area contributed by atoms with E-state index in [0.29, 0.717) is 26.4 Å².